The predicted molar refractivity (Wildman–Crippen MR) is 58.0 cm³/mol. The van der Waals surface area contributed by atoms with Crippen LogP contribution in [-0.4, -0.2) is 0 Å². The Labute approximate surface area is 115 Å². The van der Waals surface area contributed by atoms with E-state index in [1.807, 2.05) is 0 Å². The third-order valence-corrected chi connectivity index (χ3v) is 2.44. The van der Waals surface area contributed by atoms with Crippen LogP contribution in [-0.2, 0) is 0 Å². The Hall–Kier alpha value is -0.0403. The molecule has 0 aromatic heterocycles. The Morgan fingerprint density at radius 2 is 1.50 bits per heavy atom. The van der Waals surface area contributed by atoms with E-state index in [1.165, 1.54) is 16.3 Å². The third-order valence-electron chi connectivity index (χ3n) is 2.44. The first-order chi connectivity index (χ1) is 6.27. The van der Waals surface area contributed by atoms with Gasteiger partial charge in [0.25, 0.3) is 0 Å². The molecule has 0 spiro atoms. The normalized spacial score (nSPS) is 10.2. The van der Waals surface area contributed by atoms with Crippen molar-refractivity contribution in [1.82, 2.24) is 0 Å². The van der Waals surface area contributed by atoms with Crippen LogP contribution >= 0.6 is 0 Å². The minimum Gasteiger partial charge on any atom is -0.0616 e. The van der Waals surface area contributed by atoms with Crippen molar-refractivity contribution in [2.45, 2.75) is 19.8 Å². The van der Waals surface area contributed by atoms with Gasteiger partial charge in [-0.2, -0.15) is 0 Å². The first kappa shape index (κ1) is 12.0. The molecular weight excluding hydrogens is 196 g/mol. The van der Waals surface area contributed by atoms with Gasteiger partial charge in [0.1, 0.15) is 0 Å². The minimum atomic E-state index is 0. The maximum atomic E-state index is 2.28. The molecule has 0 saturated carbocycles. The van der Waals surface area contributed by atoms with Crippen molar-refractivity contribution in [3.05, 3.63) is 48.0 Å². The molecule has 2 aromatic rings. The van der Waals surface area contributed by atoms with Gasteiger partial charge in [-0.3, -0.25) is 0 Å². The summed E-state index contributed by atoms with van der Waals surface area (Å²) < 4.78 is 0. The molecule has 0 aliphatic carbocycles. The van der Waals surface area contributed by atoms with Crippen LogP contribution in [0.5, 0.6) is 0 Å². The quantitative estimate of drug-likeness (QED) is 0.668. The molecule has 0 nitrogen and oxygen atoms in total. The number of benzene rings is 2. The fourth-order valence-electron chi connectivity index (χ4n) is 1.57. The van der Waals surface area contributed by atoms with Gasteiger partial charge in [-0.15, -0.1) is 0 Å². The molecule has 2 rings (SSSR count). The van der Waals surface area contributed by atoms with Crippen molar-refractivity contribution >= 4 is 10.8 Å². The molecule has 0 N–H and O–H groups in total. The second-order valence-corrected chi connectivity index (χ2v) is 3.76. The van der Waals surface area contributed by atoms with Gasteiger partial charge in [-0.25, -0.2) is 0 Å². The molecule has 0 amide bonds. The van der Waals surface area contributed by atoms with E-state index in [4.69, 9.17) is 0 Å². The van der Waals surface area contributed by atoms with Crippen LogP contribution < -0.4 is 0 Å². The summed E-state index contributed by atoms with van der Waals surface area (Å²) in [4.78, 5) is 0. The molecule has 0 fully saturated rings. The smallest absolute Gasteiger partial charge is 0 e. The average molecular weight is 210 g/mol. The summed E-state index contributed by atoms with van der Waals surface area (Å²) in [5, 5.41) is 2.67. The molecule has 74 valence electrons. The summed E-state index contributed by atoms with van der Waals surface area (Å²) in [6, 6.07) is 15.2. The minimum absolute atomic E-state index is 0. The van der Waals surface area contributed by atoms with Crippen molar-refractivity contribution in [3.63, 3.8) is 0 Å². The van der Waals surface area contributed by atoms with Crippen LogP contribution in [0.15, 0.2) is 42.5 Å². The van der Waals surface area contributed by atoms with Crippen molar-refractivity contribution in [1.29, 1.82) is 0 Å². The van der Waals surface area contributed by atoms with Crippen molar-refractivity contribution in [3.8, 4) is 0 Å². The molecule has 0 aliphatic rings. The van der Waals surface area contributed by atoms with E-state index >= 15 is 0 Å². The Bertz CT molecular complexity index is 418. The van der Waals surface area contributed by atoms with Gasteiger partial charge < -0.3 is 0 Å². The van der Waals surface area contributed by atoms with Gasteiger partial charge in [0.05, 0.1) is 0 Å². The van der Waals surface area contributed by atoms with Gasteiger partial charge in [0.15, 0.2) is 0 Å². The summed E-state index contributed by atoms with van der Waals surface area (Å²) in [5.41, 5.74) is 1.42. The van der Waals surface area contributed by atoms with Crippen LogP contribution in [0.4, 0.5) is 0 Å². The number of hydrogen-bond acceptors (Lipinski definition) is 0. The Morgan fingerprint density at radius 1 is 0.857 bits per heavy atom. The number of hydrogen-bond donors (Lipinski definition) is 0. The fraction of sp³-hybridized carbons (Fsp3) is 0.231. The maximum Gasteiger partial charge on any atom is 0 e. The van der Waals surface area contributed by atoms with Gasteiger partial charge in [-0.05, 0) is 22.3 Å². The fourth-order valence-corrected chi connectivity index (χ4v) is 1.57. The second kappa shape index (κ2) is 5.16. The molecule has 1 heteroatoms. The zero-order chi connectivity index (χ0) is 9.26. The third kappa shape index (κ3) is 2.50. The standard InChI is InChI=1S/C13H14.Ar/c1-10(2)12-8-7-11-5-3-4-6-13(11)9-12;/h3-10H,1-2H3;. The summed E-state index contributed by atoms with van der Waals surface area (Å²) in [6.07, 6.45) is 0. The van der Waals surface area contributed by atoms with Crippen molar-refractivity contribution in [2.75, 3.05) is 0 Å². The van der Waals surface area contributed by atoms with E-state index in [9.17, 15) is 0 Å². The molecule has 2 aromatic carbocycles. The van der Waals surface area contributed by atoms with E-state index in [1.54, 1.807) is 0 Å². The Balaban J connectivity index is 0.000000980. The molecule has 0 aliphatic heterocycles. The molecular formula is C13H14Ar. The van der Waals surface area contributed by atoms with Crippen LogP contribution in [0.25, 0.3) is 10.8 Å². The van der Waals surface area contributed by atoms with E-state index in [-0.39, 0.29) is 37.7 Å². The zero-order valence-electron chi connectivity index (χ0n) is 8.47. The van der Waals surface area contributed by atoms with Crippen molar-refractivity contribution in [2.24, 2.45) is 0 Å². The van der Waals surface area contributed by atoms with Crippen LogP contribution in [0.3, 0.4) is 0 Å². The maximum absolute atomic E-state index is 2.28. The number of fused-ring (bicyclic) bond motifs is 1. The molecule has 0 heterocycles. The van der Waals surface area contributed by atoms with Gasteiger partial charge >= 0.3 is 0 Å². The molecule has 0 atom stereocenters. The van der Waals surface area contributed by atoms with E-state index < -0.39 is 0 Å². The molecule has 0 unspecified atom stereocenters. The molecule has 14 heavy (non-hydrogen) atoms. The summed E-state index contributed by atoms with van der Waals surface area (Å²) in [7, 11) is 0. The molecule has 0 radical (unpaired) electrons. The van der Waals surface area contributed by atoms with Crippen LogP contribution in [0, 0.1) is 37.7 Å². The first-order valence-corrected chi connectivity index (χ1v) is 4.76. The monoisotopic (exact) mass is 210 g/mol. The second-order valence-electron chi connectivity index (χ2n) is 3.76. The topological polar surface area (TPSA) is 0 Å². The van der Waals surface area contributed by atoms with E-state index in [0.29, 0.717) is 5.92 Å². The average Bonchev–Trinajstić information content (AvgIpc) is 2.17. The zero-order valence-corrected chi connectivity index (χ0v) is 9.18. The van der Waals surface area contributed by atoms with Crippen molar-refractivity contribution < 1.29 is 37.7 Å². The largest absolute Gasteiger partial charge is 0.0616 e. The Kier molecular flexibility index (Phi) is 4.43. The van der Waals surface area contributed by atoms with Gasteiger partial charge in [0, 0.05) is 37.7 Å². The van der Waals surface area contributed by atoms with Gasteiger partial charge in [-0.1, -0.05) is 56.3 Å². The molecule has 0 bridgehead atoms. The summed E-state index contributed by atoms with van der Waals surface area (Å²) in [6.45, 7) is 4.45. The first-order valence-electron chi connectivity index (χ1n) is 4.76. The van der Waals surface area contributed by atoms with Gasteiger partial charge in [0.2, 0.25) is 0 Å². The summed E-state index contributed by atoms with van der Waals surface area (Å²) in [5.74, 6) is 0.615. The predicted octanol–water partition coefficient (Wildman–Crippen LogP) is 3.96. The summed E-state index contributed by atoms with van der Waals surface area (Å²) >= 11 is 0. The Morgan fingerprint density at radius 3 is 2.14 bits per heavy atom. The number of rotatable bonds is 1. The van der Waals surface area contributed by atoms with E-state index in [2.05, 4.69) is 56.3 Å². The van der Waals surface area contributed by atoms with E-state index in [0.717, 1.165) is 0 Å². The van der Waals surface area contributed by atoms with Crippen LogP contribution in [0.2, 0.25) is 0 Å². The van der Waals surface area contributed by atoms with Crippen LogP contribution in [0.1, 0.15) is 25.3 Å². The molecule has 0 saturated heterocycles. The SMILES string of the molecule is CC(C)c1ccc2ccccc2c1.[Ar].